The van der Waals surface area contributed by atoms with Gasteiger partial charge in [0.05, 0.1) is 4.90 Å². The third-order valence-electron chi connectivity index (χ3n) is 3.57. The number of nitrogen functional groups attached to an aromatic ring is 1. The SMILES string of the molecule is CC(C)(C)c1cc[n+](N)cc1.Cc1cc(C)c(S(=O)(=O)[O-])c(C)c1. The van der Waals surface area contributed by atoms with Crippen molar-refractivity contribution in [2.75, 3.05) is 5.84 Å². The topological polar surface area (TPSA) is 87.1 Å². The molecule has 0 unspecified atom stereocenters. The second-order valence-corrected chi connectivity index (χ2v) is 8.28. The van der Waals surface area contributed by atoms with Gasteiger partial charge in [-0.25, -0.2) is 14.3 Å². The van der Waals surface area contributed by atoms with Crippen LogP contribution in [0.2, 0.25) is 0 Å². The molecular formula is C18H26N2O3S. The van der Waals surface area contributed by atoms with Gasteiger partial charge < -0.3 is 4.55 Å². The molecule has 0 aliphatic carbocycles. The van der Waals surface area contributed by atoms with Crippen molar-refractivity contribution in [3.05, 3.63) is 58.9 Å². The van der Waals surface area contributed by atoms with E-state index >= 15 is 0 Å². The molecule has 1 heterocycles. The highest BCUT2D eigenvalue weighted by atomic mass is 32.2. The van der Waals surface area contributed by atoms with Crippen LogP contribution in [0.5, 0.6) is 0 Å². The van der Waals surface area contributed by atoms with Gasteiger partial charge in [0.2, 0.25) is 0 Å². The van der Waals surface area contributed by atoms with Crippen LogP contribution < -0.4 is 10.5 Å². The molecular weight excluding hydrogens is 324 g/mol. The smallest absolute Gasteiger partial charge is 0.199 e. The number of benzene rings is 1. The number of hydrogen-bond donors (Lipinski definition) is 1. The molecule has 24 heavy (non-hydrogen) atoms. The summed E-state index contributed by atoms with van der Waals surface area (Å²) < 4.78 is 34.0. The average molecular weight is 350 g/mol. The monoisotopic (exact) mass is 350 g/mol. The van der Waals surface area contributed by atoms with Crippen LogP contribution in [0.3, 0.4) is 0 Å². The van der Waals surface area contributed by atoms with Crippen LogP contribution in [-0.2, 0) is 15.5 Å². The molecule has 0 saturated carbocycles. The van der Waals surface area contributed by atoms with Gasteiger partial charge in [0.1, 0.15) is 10.1 Å². The van der Waals surface area contributed by atoms with Crippen molar-refractivity contribution in [2.45, 2.75) is 51.9 Å². The Morgan fingerprint density at radius 2 is 1.42 bits per heavy atom. The van der Waals surface area contributed by atoms with Crippen molar-refractivity contribution in [1.82, 2.24) is 0 Å². The summed E-state index contributed by atoms with van der Waals surface area (Å²) in [5.41, 5.74) is 3.52. The summed E-state index contributed by atoms with van der Waals surface area (Å²) in [5.74, 6) is 5.49. The first kappa shape index (κ1) is 20.1. The second kappa shape index (κ2) is 7.32. The zero-order valence-corrected chi connectivity index (χ0v) is 15.9. The molecule has 0 saturated heterocycles. The first-order valence-electron chi connectivity index (χ1n) is 7.63. The predicted molar refractivity (Wildman–Crippen MR) is 94.1 cm³/mol. The number of aromatic nitrogens is 1. The highest BCUT2D eigenvalue weighted by molar-refractivity contribution is 7.85. The molecule has 1 aromatic carbocycles. The normalized spacial score (nSPS) is 11.6. The molecule has 132 valence electrons. The molecule has 0 bridgehead atoms. The maximum absolute atomic E-state index is 10.8. The molecule has 0 aliphatic rings. The first-order valence-corrected chi connectivity index (χ1v) is 9.04. The zero-order valence-electron chi connectivity index (χ0n) is 15.1. The molecule has 0 spiro atoms. The Morgan fingerprint density at radius 3 is 1.75 bits per heavy atom. The summed E-state index contributed by atoms with van der Waals surface area (Å²) in [6.07, 6.45) is 3.72. The molecule has 0 fully saturated rings. The van der Waals surface area contributed by atoms with Gasteiger partial charge in [-0.2, -0.15) is 0 Å². The summed E-state index contributed by atoms with van der Waals surface area (Å²) in [6.45, 7) is 11.7. The van der Waals surface area contributed by atoms with Crippen molar-refractivity contribution in [3.8, 4) is 0 Å². The highest BCUT2D eigenvalue weighted by Crippen LogP contribution is 2.21. The molecule has 2 rings (SSSR count). The summed E-state index contributed by atoms with van der Waals surface area (Å²) in [5, 5.41) is 0. The molecule has 0 atom stereocenters. The van der Waals surface area contributed by atoms with E-state index < -0.39 is 10.1 Å². The van der Waals surface area contributed by atoms with Crippen LogP contribution in [0.4, 0.5) is 0 Å². The molecule has 1 aromatic heterocycles. The van der Waals surface area contributed by atoms with E-state index in [0.717, 1.165) is 5.56 Å². The van der Waals surface area contributed by atoms with Crippen LogP contribution in [-0.4, -0.2) is 13.0 Å². The second-order valence-electron chi connectivity index (χ2n) is 6.97. The lowest BCUT2D eigenvalue weighted by atomic mass is 9.88. The molecule has 6 heteroatoms. The molecule has 5 nitrogen and oxygen atoms in total. The predicted octanol–water partition coefficient (Wildman–Crippen LogP) is 2.50. The van der Waals surface area contributed by atoms with Crippen molar-refractivity contribution in [1.29, 1.82) is 0 Å². The third-order valence-corrected chi connectivity index (χ3v) is 4.72. The van der Waals surface area contributed by atoms with Gasteiger partial charge in [0.25, 0.3) is 0 Å². The zero-order chi connectivity index (χ0) is 18.7. The Morgan fingerprint density at radius 1 is 1.00 bits per heavy atom. The Labute approximate surface area is 144 Å². The van der Waals surface area contributed by atoms with Gasteiger partial charge in [0, 0.05) is 12.1 Å². The van der Waals surface area contributed by atoms with Crippen molar-refractivity contribution in [2.24, 2.45) is 0 Å². The third kappa shape index (κ3) is 5.62. The first-order chi connectivity index (χ1) is 10.8. The molecule has 2 aromatic rings. The average Bonchev–Trinajstić information content (AvgIpc) is 2.35. The van der Waals surface area contributed by atoms with E-state index in [4.69, 9.17) is 5.84 Å². The fourth-order valence-electron chi connectivity index (χ4n) is 2.50. The van der Waals surface area contributed by atoms with E-state index in [9.17, 15) is 13.0 Å². The quantitative estimate of drug-likeness (QED) is 0.486. The number of nitrogens with two attached hydrogens (primary N) is 1. The Kier molecular flexibility index (Phi) is 6.14. The summed E-state index contributed by atoms with van der Waals surface area (Å²) in [6, 6.07) is 7.47. The van der Waals surface area contributed by atoms with Crippen LogP contribution in [0.1, 0.15) is 43.0 Å². The van der Waals surface area contributed by atoms with Gasteiger partial charge in [-0.1, -0.05) is 43.1 Å². The van der Waals surface area contributed by atoms with E-state index in [1.165, 1.54) is 5.56 Å². The fourth-order valence-corrected chi connectivity index (χ4v) is 3.41. The standard InChI is InChI=1S/C9H15N2.C9H12O3S/c1-9(2,3)8-4-6-11(10)7-5-8;1-6-4-7(2)9(8(3)5-6)13(10,11)12/h4-7H,10H2,1-3H3;4-5H,1-3H3,(H,10,11,12)/q+1;/p-1. The van der Waals surface area contributed by atoms with Crippen LogP contribution >= 0.6 is 0 Å². The van der Waals surface area contributed by atoms with E-state index in [2.05, 4.69) is 20.8 Å². The van der Waals surface area contributed by atoms with E-state index in [1.54, 1.807) is 30.7 Å². The number of pyridine rings is 1. The number of rotatable bonds is 1. The van der Waals surface area contributed by atoms with Gasteiger partial charge in [0.15, 0.2) is 12.4 Å². The van der Waals surface area contributed by atoms with Gasteiger partial charge in [-0.05, 0) is 42.9 Å². The highest BCUT2D eigenvalue weighted by Gasteiger charge is 2.14. The molecule has 0 amide bonds. The van der Waals surface area contributed by atoms with Crippen molar-refractivity contribution < 1.29 is 17.6 Å². The van der Waals surface area contributed by atoms with Gasteiger partial charge in [-0.15, -0.1) is 0 Å². The van der Waals surface area contributed by atoms with Crippen LogP contribution in [0.25, 0.3) is 0 Å². The van der Waals surface area contributed by atoms with Crippen molar-refractivity contribution >= 4 is 10.1 Å². The maximum Gasteiger partial charge on any atom is 0.199 e. The molecule has 0 aliphatic heterocycles. The Bertz CT molecular complexity index is 782. The lowest BCUT2D eigenvalue weighted by molar-refractivity contribution is -0.639. The van der Waals surface area contributed by atoms with Crippen LogP contribution in [0, 0.1) is 20.8 Å². The maximum atomic E-state index is 10.8. The lowest BCUT2D eigenvalue weighted by Gasteiger charge is -2.16. The van der Waals surface area contributed by atoms with Gasteiger partial charge >= 0.3 is 0 Å². The van der Waals surface area contributed by atoms with E-state index in [0.29, 0.717) is 11.1 Å². The van der Waals surface area contributed by atoms with E-state index in [-0.39, 0.29) is 10.3 Å². The summed E-state index contributed by atoms with van der Waals surface area (Å²) in [4.78, 5) is -0.0851. The summed E-state index contributed by atoms with van der Waals surface area (Å²) >= 11 is 0. The molecule has 0 radical (unpaired) electrons. The largest absolute Gasteiger partial charge is 0.744 e. The Hall–Kier alpha value is -1.92. The Balaban J connectivity index is 0.000000243. The van der Waals surface area contributed by atoms with Crippen LogP contribution in [0.15, 0.2) is 41.6 Å². The minimum Gasteiger partial charge on any atom is -0.744 e. The van der Waals surface area contributed by atoms with Gasteiger partial charge in [-0.3, -0.25) is 0 Å². The van der Waals surface area contributed by atoms with E-state index in [1.807, 2.05) is 31.5 Å². The number of aryl methyl sites for hydroxylation is 3. The number of nitrogens with zero attached hydrogens (tertiary/aromatic N) is 1. The number of hydrogen-bond acceptors (Lipinski definition) is 4. The van der Waals surface area contributed by atoms with Crippen molar-refractivity contribution in [3.63, 3.8) is 0 Å². The molecule has 2 N–H and O–H groups in total. The summed E-state index contributed by atoms with van der Waals surface area (Å²) in [7, 11) is -4.33. The minimum absolute atomic E-state index is 0.0851. The fraction of sp³-hybridized carbons (Fsp3) is 0.389. The lowest BCUT2D eigenvalue weighted by Crippen LogP contribution is -2.43. The minimum atomic E-state index is -4.33.